The topological polar surface area (TPSA) is 151 Å². The molecule has 0 aliphatic heterocycles. The molecule has 0 unspecified atom stereocenters. The minimum Gasteiger partial charge on any atom is -0.496 e. The van der Waals surface area contributed by atoms with Gasteiger partial charge in [0.2, 0.25) is 15.9 Å². The van der Waals surface area contributed by atoms with Crippen LogP contribution in [0.1, 0.15) is 5.56 Å². The Bertz CT molecular complexity index is 1470. The molecule has 4 rings (SSSR count). The van der Waals surface area contributed by atoms with Crippen molar-refractivity contribution in [1.82, 2.24) is 24.5 Å². The number of hydrogen-bond acceptors (Lipinski definition) is 9. The van der Waals surface area contributed by atoms with E-state index in [0.717, 1.165) is 6.07 Å². The number of aryl methyl sites for hydroxylation is 1. The van der Waals surface area contributed by atoms with Crippen LogP contribution in [0.25, 0.3) is 17.0 Å². The van der Waals surface area contributed by atoms with Gasteiger partial charge in [-0.25, -0.2) is 13.1 Å². The van der Waals surface area contributed by atoms with E-state index in [0.29, 0.717) is 28.3 Å². The van der Waals surface area contributed by atoms with Crippen LogP contribution in [0.2, 0.25) is 0 Å². The summed E-state index contributed by atoms with van der Waals surface area (Å²) >= 11 is 0. The first kappa shape index (κ1) is 23.1. The number of aromatic nitrogens is 4. The molecule has 2 aromatic heterocycles. The van der Waals surface area contributed by atoms with Gasteiger partial charge in [-0.15, -0.1) is 15.3 Å². The van der Waals surface area contributed by atoms with Crippen molar-refractivity contribution in [1.29, 1.82) is 0 Å². The second kappa shape index (κ2) is 9.41. The number of para-hydroxylation sites is 1. The van der Waals surface area contributed by atoms with Crippen molar-refractivity contribution in [3.05, 3.63) is 70.3 Å². The Morgan fingerprint density at radius 1 is 1.12 bits per heavy atom. The van der Waals surface area contributed by atoms with Crippen molar-refractivity contribution in [2.75, 3.05) is 20.3 Å². The maximum atomic E-state index is 12.6. The lowest BCUT2D eigenvalue weighted by molar-refractivity contribution is -0.385. The molecule has 4 aromatic rings. The fourth-order valence-corrected chi connectivity index (χ4v) is 4.52. The van der Waals surface area contributed by atoms with Crippen molar-refractivity contribution in [3.8, 4) is 23.0 Å². The molecule has 0 saturated carbocycles. The van der Waals surface area contributed by atoms with E-state index in [1.165, 1.54) is 16.6 Å². The molecule has 0 atom stereocenters. The van der Waals surface area contributed by atoms with E-state index in [9.17, 15) is 18.5 Å². The summed E-state index contributed by atoms with van der Waals surface area (Å²) in [6.45, 7) is 1.45. The number of hydrogen-bond donors (Lipinski definition) is 1. The number of non-ortho nitro benzene ring substituents is 1. The molecule has 2 heterocycles. The Kier molecular flexibility index (Phi) is 6.38. The van der Waals surface area contributed by atoms with Crippen molar-refractivity contribution in [2.45, 2.75) is 11.8 Å². The summed E-state index contributed by atoms with van der Waals surface area (Å²) in [5.74, 6) is 1.30. The molecule has 0 spiro atoms. The number of nitrogens with one attached hydrogen (secondary N) is 1. The molecule has 176 valence electrons. The summed E-state index contributed by atoms with van der Waals surface area (Å²) in [4.78, 5) is 10.2. The Hall–Kier alpha value is -4.10. The summed E-state index contributed by atoms with van der Waals surface area (Å²) < 4.78 is 40.1. The standard InChI is InChI=1S/C21H20N6O6S/c1-14-7-8-15(27(28)29)13-18(14)34(30,31)22-11-12-33-20-10-9-19-23-24-21(26(19)25-20)16-5-3-4-6-17(16)32-2/h3-10,13,22H,11-12H2,1-2H3. The van der Waals surface area contributed by atoms with Crippen LogP contribution < -0.4 is 14.2 Å². The number of nitrogens with zero attached hydrogens (tertiary/aromatic N) is 5. The minimum absolute atomic E-state index is 0.0299. The first-order chi connectivity index (χ1) is 16.3. The predicted octanol–water partition coefficient (Wildman–Crippen LogP) is 2.37. The second-order valence-electron chi connectivity index (χ2n) is 7.12. The number of rotatable bonds is 9. The van der Waals surface area contributed by atoms with Gasteiger partial charge in [0.05, 0.1) is 22.5 Å². The van der Waals surface area contributed by atoms with Crippen LogP contribution in [0, 0.1) is 17.0 Å². The molecule has 0 aliphatic rings. The summed E-state index contributed by atoms with van der Waals surface area (Å²) in [5.41, 5.74) is 1.28. The van der Waals surface area contributed by atoms with Crippen LogP contribution in [-0.4, -0.2) is 53.4 Å². The molecule has 0 bridgehead atoms. The lowest BCUT2D eigenvalue weighted by Crippen LogP contribution is -2.29. The van der Waals surface area contributed by atoms with Crippen LogP contribution >= 0.6 is 0 Å². The minimum atomic E-state index is -3.97. The quantitative estimate of drug-likeness (QED) is 0.214. The van der Waals surface area contributed by atoms with Crippen molar-refractivity contribution >= 4 is 21.4 Å². The van der Waals surface area contributed by atoms with E-state index in [1.807, 2.05) is 18.2 Å². The molecular formula is C21H20N6O6S. The van der Waals surface area contributed by atoms with Gasteiger partial charge in [-0.05, 0) is 30.7 Å². The first-order valence-corrected chi connectivity index (χ1v) is 11.5. The molecule has 13 heteroatoms. The van der Waals surface area contributed by atoms with Gasteiger partial charge in [0.25, 0.3) is 5.69 Å². The van der Waals surface area contributed by atoms with Gasteiger partial charge in [0, 0.05) is 24.7 Å². The third kappa shape index (κ3) is 4.65. The molecule has 0 aliphatic carbocycles. The van der Waals surface area contributed by atoms with E-state index < -0.39 is 14.9 Å². The SMILES string of the molecule is COc1ccccc1-c1nnc2ccc(OCCNS(=O)(=O)c3cc([N+](=O)[O-])ccc3C)nn12. The predicted molar refractivity (Wildman–Crippen MR) is 121 cm³/mol. The lowest BCUT2D eigenvalue weighted by atomic mass is 10.2. The van der Waals surface area contributed by atoms with Gasteiger partial charge >= 0.3 is 0 Å². The van der Waals surface area contributed by atoms with E-state index in [1.54, 1.807) is 32.2 Å². The molecule has 12 nitrogen and oxygen atoms in total. The Labute approximate surface area is 194 Å². The number of ether oxygens (including phenoxy) is 2. The highest BCUT2D eigenvalue weighted by Gasteiger charge is 2.20. The average Bonchev–Trinajstić information content (AvgIpc) is 3.25. The normalized spacial score (nSPS) is 11.5. The van der Waals surface area contributed by atoms with Crippen LogP contribution in [0.5, 0.6) is 11.6 Å². The fraction of sp³-hybridized carbons (Fsp3) is 0.190. The van der Waals surface area contributed by atoms with Crippen molar-refractivity contribution in [3.63, 3.8) is 0 Å². The van der Waals surface area contributed by atoms with Gasteiger partial charge in [0.15, 0.2) is 11.5 Å². The maximum Gasteiger partial charge on any atom is 0.270 e. The summed E-state index contributed by atoms with van der Waals surface area (Å²) in [5, 5.41) is 23.6. The highest BCUT2D eigenvalue weighted by Crippen LogP contribution is 2.28. The van der Waals surface area contributed by atoms with Crippen LogP contribution in [-0.2, 0) is 10.0 Å². The largest absolute Gasteiger partial charge is 0.496 e. The molecule has 2 aromatic carbocycles. The number of fused-ring (bicyclic) bond motifs is 1. The van der Waals surface area contributed by atoms with E-state index in [-0.39, 0.29) is 29.6 Å². The number of nitro benzene ring substituents is 1. The van der Waals surface area contributed by atoms with E-state index >= 15 is 0 Å². The van der Waals surface area contributed by atoms with E-state index in [4.69, 9.17) is 9.47 Å². The van der Waals surface area contributed by atoms with E-state index in [2.05, 4.69) is 20.0 Å². The fourth-order valence-electron chi connectivity index (χ4n) is 3.25. The van der Waals surface area contributed by atoms with Gasteiger partial charge in [-0.3, -0.25) is 10.1 Å². The molecule has 0 radical (unpaired) electrons. The van der Waals surface area contributed by atoms with Crippen molar-refractivity contribution < 1.29 is 22.8 Å². The second-order valence-corrected chi connectivity index (χ2v) is 8.85. The number of benzene rings is 2. The Morgan fingerprint density at radius 3 is 2.68 bits per heavy atom. The van der Waals surface area contributed by atoms with Crippen molar-refractivity contribution in [2.24, 2.45) is 0 Å². The average molecular weight is 484 g/mol. The number of nitro groups is 1. The summed E-state index contributed by atoms with van der Waals surface area (Å²) in [6.07, 6.45) is 0. The number of methoxy groups -OCH3 is 1. The molecule has 0 amide bonds. The van der Waals surface area contributed by atoms with Crippen LogP contribution in [0.15, 0.2) is 59.5 Å². The summed E-state index contributed by atoms with van der Waals surface area (Å²) in [7, 11) is -2.42. The highest BCUT2D eigenvalue weighted by molar-refractivity contribution is 7.89. The zero-order valence-electron chi connectivity index (χ0n) is 18.2. The van der Waals surface area contributed by atoms with Gasteiger partial charge in [0.1, 0.15) is 12.4 Å². The molecule has 1 N–H and O–H groups in total. The molecule has 0 fully saturated rings. The van der Waals surface area contributed by atoms with Gasteiger partial charge < -0.3 is 9.47 Å². The monoisotopic (exact) mass is 484 g/mol. The van der Waals surface area contributed by atoms with Gasteiger partial charge in [-0.1, -0.05) is 18.2 Å². The third-order valence-electron chi connectivity index (χ3n) is 4.90. The molecular weight excluding hydrogens is 464 g/mol. The highest BCUT2D eigenvalue weighted by atomic mass is 32.2. The molecule has 0 saturated heterocycles. The zero-order chi connectivity index (χ0) is 24.3. The van der Waals surface area contributed by atoms with Gasteiger partial charge in [-0.2, -0.15) is 4.52 Å². The third-order valence-corrected chi connectivity index (χ3v) is 6.51. The zero-order valence-corrected chi connectivity index (χ0v) is 19.0. The Balaban J connectivity index is 1.46. The first-order valence-electron chi connectivity index (χ1n) is 10.0. The lowest BCUT2D eigenvalue weighted by Gasteiger charge is -2.10. The maximum absolute atomic E-state index is 12.6. The van der Waals surface area contributed by atoms with Crippen LogP contribution in [0.4, 0.5) is 5.69 Å². The number of sulfonamides is 1. The smallest absolute Gasteiger partial charge is 0.270 e. The van der Waals surface area contributed by atoms with Crippen LogP contribution in [0.3, 0.4) is 0 Å². The Morgan fingerprint density at radius 2 is 1.91 bits per heavy atom. The molecule has 34 heavy (non-hydrogen) atoms. The summed E-state index contributed by atoms with van der Waals surface area (Å²) in [6, 6.07) is 14.2.